The molecule has 100 valence electrons. The Morgan fingerprint density at radius 3 is 2.47 bits per heavy atom. The number of nitrogens with one attached hydrogen (secondary N) is 2. The molecule has 0 aromatic heterocycles. The lowest BCUT2D eigenvalue weighted by molar-refractivity contribution is 0.494. The summed E-state index contributed by atoms with van der Waals surface area (Å²) in [7, 11) is 0. The van der Waals surface area contributed by atoms with Gasteiger partial charge in [-0.05, 0) is 19.9 Å². The number of rotatable bonds is 12. The van der Waals surface area contributed by atoms with E-state index in [0.29, 0.717) is 12.5 Å². The molecule has 0 aliphatic heterocycles. The van der Waals surface area contributed by atoms with Crippen LogP contribution in [0.1, 0.15) is 58.8 Å². The summed E-state index contributed by atoms with van der Waals surface area (Å²) in [6.45, 7) is 7.33. The second-order valence-electron chi connectivity index (χ2n) is 4.74. The fourth-order valence-corrected chi connectivity index (χ4v) is 1.80. The van der Waals surface area contributed by atoms with Crippen LogP contribution in [0, 0.1) is 11.3 Å². The molecule has 3 nitrogen and oxygen atoms in total. The van der Waals surface area contributed by atoms with Crippen molar-refractivity contribution < 1.29 is 0 Å². The zero-order valence-corrected chi connectivity index (χ0v) is 11.6. The summed E-state index contributed by atoms with van der Waals surface area (Å²) >= 11 is 0. The first-order valence-electron chi connectivity index (χ1n) is 7.12. The molecular weight excluding hydrogens is 210 g/mol. The van der Waals surface area contributed by atoms with E-state index in [9.17, 15) is 0 Å². The van der Waals surface area contributed by atoms with E-state index in [1.54, 1.807) is 0 Å². The Morgan fingerprint density at radius 2 is 1.76 bits per heavy atom. The van der Waals surface area contributed by atoms with Crippen LogP contribution in [0.15, 0.2) is 0 Å². The maximum atomic E-state index is 8.41. The molecule has 2 N–H and O–H groups in total. The van der Waals surface area contributed by atoms with E-state index in [-0.39, 0.29) is 0 Å². The lowest BCUT2D eigenvalue weighted by atomic mass is 10.1. The number of nitrogens with zero attached hydrogens (tertiary/aromatic N) is 1. The van der Waals surface area contributed by atoms with Crippen LogP contribution in [0.25, 0.3) is 0 Å². The zero-order valence-electron chi connectivity index (χ0n) is 11.6. The molecule has 0 aliphatic carbocycles. The van der Waals surface area contributed by atoms with Gasteiger partial charge in [-0.2, -0.15) is 5.26 Å². The van der Waals surface area contributed by atoms with Crippen LogP contribution in [-0.2, 0) is 0 Å². The predicted octanol–water partition coefficient (Wildman–Crippen LogP) is 2.83. The highest BCUT2D eigenvalue weighted by Crippen LogP contribution is 2.03. The van der Waals surface area contributed by atoms with Gasteiger partial charge in [0.05, 0.1) is 6.07 Å². The Bertz CT molecular complexity index is 186. The van der Waals surface area contributed by atoms with Crippen molar-refractivity contribution in [2.24, 2.45) is 0 Å². The standard InChI is InChI=1S/C14H29N3/c1-3-4-5-6-7-8-11-16-13-14(2)17-12-9-10-15/h14,16-17H,3-9,11-13H2,1-2H3. The zero-order chi connectivity index (χ0) is 12.8. The fourth-order valence-electron chi connectivity index (χ4n) is 1.80. The molecule has 0 fully saturated rings. The molecular formula is C14H29N3. The van der Waals surface area contributed by atoms with E-state index in [4.69, 9.17) is 5.26 Å². The van der Waals surface area contributed by atoms with Gasteiger partial charge < -0.3 is 10.6 Å². The smallest absolute Gasteiger partial charge is 0.0635 e. The molecule has 0 heterocycles. The van der Waals surface area contributed by atoms with Crippen LogP contribution >= 0.6 is 0 Å². The molecule has 0 amide bonds. The van der Waals surface area contributed by atoms with Crippen LogP contribution in [0.5, 0.6) is 0 Å². The van der Waals surface area contributed by atoms with Gasteiger partial charge in [-0.25, -0.2) is 0 Å². The third-order valence-corrected chi connectivity index (χ3v) is 2.89. The van der Waals surface area contributed by atoms with Crippen LogP contribution < -0.4 is 10.6 Å². The van der Waals surface area contributed by atoms with Crippen molar-refractivity contribution >= 4 is 0 Å². The van der Waals surface area contributed by atoms with Crippen molar-refractivity contribution in [3.05, 3.63) is 0 Å². The van der Waals surface area contributed by atoms with Gasteiger partial charge >= 0.3 is 0 Å². The maximum Gasteiger partial charge on any atom is 0.0635 e. The van der Waals surface area contributed by atoms with Crippen molar-refractivity contribution in [3.8, 4) is 6.07 Å². The van der Waals surface area contributed by atoms with Gasteiger partial charge in [0.15, 0.2) is 0 Å². The molecule has 0 rings (SSSR count). The Morgan fingerprint density at radius 1 is 1.06 bits per heavy atom. The average Bonchev–Trinajstić information content (AvgIpc) is 2.33. The number of nitriles is 1. The largest absolute Gasteiger partial charge is 0.315 e. The summed E-state index contributed by atoms with van der Waals surface area (Å²) in [6, 6.07) is 2.60. The minimum absolute atomic E-state index is 0.462. The second-order valence-corrected chi connectivity index (χ2v) is 4.74. The average molecular weight is 239 g/mol. The van der Waals surface area contributed by atoms with Gasteiger partial charge in [-0.15, -0.1) is 0 Å². The summed E-state index contributed by atoms with van der Waals surface area (Å²) in [6.07, 6.45) is 8.71. The first-order valence-corrected chi connectivity index (χ1v) is 7.12. The highest BCUT2D eigenvalue weighted by Gasteiger charge is 1.99. The Balaban J connectivity index is 3.08. The lowest BCUT2D eigenvalue weighted by Gasteiger charge is -2.13. The van der Waals surface area contributed by atoms with E-state index < -0.39 is 0 Å². The molecule has 0 aliphatic rings. The second kappa shape index (κ2) is 13.5. The van der Waals surface area contributed by atoms with Crippen molar-refractivity contribution in [1.29, 1.82) is 5.26 Å². The van der Waals surface area contributed by atoms with E-state index in [2.05, 4.69) is 30.6 Å². The molecule has 0 saturated carbocycles. The van der Waals surface area contributed by atoms with Gasteiger partial charge in [-0.1, -0.05) is 39.0 Å². The van der Waals surface area contributed by atoms with Crippen molar-refractivity contribution in [2.75, 3.05) is 19.6 Å². The summed E-state index contributed by atoms with van der Waals surface area (Å²) in [5.74, 6) is 0. The Labute approximate surface area is 107 Å². The molecule has 0 saturated heterocycles. The highest BCUT2D eigenvalue weighted by atomic mass is 15.0. The van der Waals surface area contributed by atoms with Crippen molar-refractivity contribution in [2.45, 2.75) is 64.8 Å². The Hall–Kier alpha value is -0.590. The van der Waals surface area contributed by atoms with Gasteiger partial charge in [0, 0.05) is 25.6 Å². The van der Waals surface area contributed by atoms with E-state index in [1.165, 1.54) is 38.5 Å². The molecule has 1 atom stereocenters. The molecule has 17 heavy (non-hydrogen) atoms. The van der Waals surface area contributed by atoms with Crippen LogP contribution in [0.3, 0.4) is 0 Å². The molecule has 0 bridgehead atoms. The van der Waals surface area contributed by atoms with E-state index in [0.717, 1.165) is 19.6 Å². The molecule has 0 radical (unpaired) electrons. The third-order valence-electron chi connectivity index (χ3n) is 2.89. The molecule has 1 unspecified atom stereocenters. The molecule has 0 spiro atoms. The minimum Gasteiger partial charge on any atom is -0.315 e. The van der Waals surface area contributed by atoms with Crippen molar-refractivity contribution in [1.82, 2.24) is 10.6 Å². The normalized spacial score (nSPS) is 12.3. The van der Waals surface area contributed by atoms with Crippen LogP contribution in [-0.4, -0.2) is 25.7 Å². The topological polar surface area (TPSA) is 47.8 Å². The summed E-state index contributed by atoms with van der Waals surface area (Å²) in [4.78, 5) is 0. The first kappa shape index (κ1) is 16.4. The Kier molecular flexibility index (Phi) is 13.0. The number of hydrogen-bond donors (Lipinski definition) is 2. The van der Waals surface area contributed by atoms with Gasteiger partial charge in [0.25, 0.3) is 0 Å². The monoisotopic (exact) mass is 239 g/mol. The van der Waals surface area contributed by atoms with Gasteiger partial charge in [0.2, 0.25) is 0 Å². The SMILES string of the molecule is CCCCCCCCNCC(C)NCCC#N. The molecule has 0 aromatic carbocycles. The lowest BCUT2D eigenvalue weighted by Crippen LogP contribution is -2.37. The van der Waals surface area contributed by atoms with Crippen molar-refractivity contribution in [3.63, 3.8) is 0 Å². The van der Waals surface area contributed by atoms with Gasteiger partial charge in [-0.3, -0.25) is 0 Å². The number of hydrogen-bond acceptors (Lipinski definition) is 3. The summed E-state index contributed by atoms with van der Waals surface area (Å²) in [5.41, 5.74) is 0. The predicted molar refractivity (Wildman–Crippen MR) is 73.9 cm³/mol. The highest BCUT2D eigenvalue weighted by molar-refractivity contribution is 4.72. The molecule has 0 aromatic rings. The third kappa shape index (κ3) is 13.3. The quantitative estimate of drug-likeness (QED) is 0.515. The minimum atomic E-state index is 0.462. The fraction of sp³-hybridized carbons (Fsp3) is 0.929. The van der Waals surface area contributed by atoms with E-state index >= 15 is 0 Å². The van der Waals surface area contributed by atoms with Crippen LogP contribution in [0.4, 0.5) is 0 Å². The van der Waals surface area contributed by atoms with E-state index in [1.807, 2.05) is 0 Å². The summed E-state index contributed by atoms with van der Waals surface area (Å²) < 4.78 is 0. The van der Waals surface area contributed by atoms with Gasteiger partial charge in [0.1, 0.15) is 0 Å². The summed E-state index contributed by atoms with van der Waals surface area (Å²) in [5, 5.41) is 15.2. The number of unbranched alkanes of at least 4 members (excludes halogenated alkanes) is 5. The maximum absolute atomic E-state index is 8.41. The van der Waals surface area contributed by atoms with Crippen LogP contribution in [0.2, 0.25) is 0 Å². The first-order chi connectivity index (χ1) is 8.31. The molecule has 3 heteroatoms.